The first-order chi connectivity index (χ1) is 17.5. The zero-order valence-electron chi connectivity index (χ0n) is 20.6. The van der Waals surface area contributed by atoms with Crippen LogP contribution in [-0.4, -0.2) is 84.5 Å². The molecule has 3 N–H and O–H groups in total. The Morgan fingerprint density at radius 3 is 2.38 bits per heavy atom. The van der Waals surface area contributed by atoms with Gasteiger partial charge < -0.3 is 20.9 Å². The van der Waals surface area contributed by atoms with E-state index in [9.17, 15) is 18.0 Å². The Kier molecular flexibility index (Phi) is 8.20. The number of halogens is 4. The number of hydrogen-bond donors (Lipinski definition) is 2. The molecule has 37 heavy (non-hydrogen) atoms. The molecule has 198 valence electrons. The fourth-order valence-corrected chi connectivity index (χ4v) is 4.88. The van der Waals surface area contributed by atoms with Crippen molar-refractivity contribution >= 4 is 29.1 Å². The molecule has 2 heterocycles. The van der Waals surface area contributed by atoms with Crippen LogP contribution >= 0.6 is 11.6 Å². The minimum atomic E-state index is -4.51. The van der Waals surface area contributed by atoms with Crippen LogP contribution in [0.4, 0.5) is 13.2 Å². The number of amides is 1. The quantitative estimate of drug-likeness (QED) is 0.553. The van der Waals surface area contributed by atoms with Crippen LogP contribution in [0, 0.1) is 5.41 Å². The summed E-state index contributed by atoms with van der Waals surface area (Å²) >= 11 is 6.01. The highest BCUT2D eigenvalue weighted by atomic mass is 35.5. The molecule has 1 unspecified atom stereocenters. The minimum Gasteiger partial charge on any atom is -0.386 e. The van der Waals surface area contributed by atoms with Crippen molar-refractivity contribution in [2.45, 2.75) is 25.2 Å². The molecule has 1 atom stereocenters. The van der Waals surface area contributed by atoms with E-state index in [1.807, 2.05) is 16.8 Å². The molecular formula is C26H30ClF3N6O. The van der Waals surface area contributed by atoms with Gasteiger partial charge in [0.05, 0.1) is 18.2 Å². The van der Waals surface area contributed by atoms with Gasteiger partial charge in [-0.1, -0.05) is 23.7 Å². The van der Waals surface area contributed by atoms with Gasteiger partial charge in [-0.15, -0.1) is 0 Å². The SMILES string of the molecule is CN1CCN(C(=O)c2ccc(C(=N)CC3C(N)=NCCN3Cc3cc(Cl)ccc3C(F)(F)F)cc2)CC1. The van der Waals surface area contributed by atoms with E-state index in [-0.39, 0.29) is 41.0 Å². The fourth-order valence-electron chi connectivity index (χ4n) is 4.68. The molecule has 0 radical (unpaired) electrons. The summed E-state index contributed by atoms with van der Waals surface area (Å²) in [7, 11) is 2.03. The number of amidine groups is 1. The number of hydrogen-bond acceptors (Lipinski definition) is 6. The summed E-state index contributed by atoms with van der Waals surface area (Å²) in [6, 6.07) is 9.88. The van der Waals surface area contributed by atoms with E-state index in [0.717, 1.165) is 19.2 Å². The zero-order valence-corrected chi connectivity index (χ0v) is 21.3. The van der Waals surface area contributed by atoms with Crippen molar-refractivity contribution in [3.63, 3.8) is 0 Å². The lowest BCUT2D eigenvalue weighted by molar-refractivity contribution is -0.138. The van der Waals surface area contributed by atoms with Crippen LogP contribution in [0.5, 0.6) is 0 Å². The predicted octanol–water partition coefficient (Wildman–Crippen LogP) is 3.75. The van der Waals surface area contributed by atoms with Gasteiger partial charge >= 0.3 is 6.18 Å². The number of nitrogens with zero attached hydrogens (tertiary/aromatic N) is 4. The fraction of sp³-hybridized carbons (Fsp3) is 0.423. The molecule has 0 aliphatic carbocycles. The van der Waals surface area contributed by atoms with E-state index in [4.69, 9.17) is 22.7 Å². The summed E-state index contributed by atoms with van der Waals surface area (Å²) in [6.45, 7) is 3.74. The maximum absolute atomic E-state index is 13.6. The summed E-state index contributed by atoms with van der Waals surface area (Å²) < 4.78 is 40.8. The molecule has 0 aromatic heterocycles. The molecule has 2 aromatic carbocycles. The van der Waals surface area contributed by atoms with Gasteiger partial charge in [-0.25, -0.2) is 0 Å². The van der Waals surface area contributed by atoms with Crippen LogP contribution in [0.25, 0.3) is 0 Å². The molecule has 0 bridgehead atoms. The van der Waals surface area contributed by atoms with Gasteiger partial charge in [-0.05, 0) is 48.5 Å². The zero-order chi connectivity index (χ0) is 26.7. The lowest BCUT2D eigenvalue weighted by Crippen LogP contribution is -2.50. The second-order valence-corrected chi connectivity index (χ2v) is 9.88. The maximum Gasteiger partial charge on any atom is 0.416 e. The molecule has 0 saturated carbocycles. The lowest BCUT2D eigenvalue weighted by Gasteiger charge is -2.35. The van der Waals surface area contributed by atoms with E-state index < -0.39 is 17.8 Å². The first kappa shape index (κ1) is 27.1. The third-order valence-corrected chi connectivity index (χ3v) is 7.11. The number of carbonyl (C=O) groups excluding carboxylic acids is 1. The summed E-state index contributed by atoms with van der Waals surface area (Å²) in [4.78, 5) is 22.9. The van der Waals surface area contributed by atoms with Crippen LogP contribution in [0.1, 0.15) is 33.5 Å². The van der Waals surface area contributed by atoms with E-state index in [1.54, 1.807) is 24.3 Å². The average Bonchev–Trinajstić information content (AvgIpc) is 2.85. The molecule has 1 saturated heterocycles. The monoisotopic (exact) mass is 534 g/mol. The van der Waals surface area contributed by atoms with E-state index in [0.29, 0.717) is 37.3 Å². The second kappa shape index (κ2) is 11.2. The van der Waals surface area contributed by atoms with E-state index >= 15 is 0 Å². The van der Waals surface area contributed by atoms with Gasteiger partial charge in [0.2, 0.25) is 0 Å². The number of likely N-dealkylation sites (N-methyl/N-ethyl adjacent to an activating group) is 1. The van der Waals surface area contributed by atoms with Crippen LogP contribution in [0.2, 0.25) is 5.02 Å². The standard InChI is InChI=1S/C26H30ClF3N6O/c1-34-10-12-35(13-11-34)25(37)18-4-2-17(3-5-18)22(31)15-23-24(32)33-8-9-36(23)16-19-14-20(27)6-7-21(19)26(28,29)30/h2-7,14,23,31H,8-13,15-16H2,1H3,(H2,32,33). The third kappa shape index (κ3) is 6.49. The molecular weight excluding hydrogens is 505 g/mol. The Labute approximate surface area is 219 Å². The minimum absolute atomic E-state index is 0.0258. The number of benzene rings is 2. The normalized spacial score (nSPS) is 19.5. The lowest BCUT2D eigenvalue weighted by atomic mass is 9.97. The van der Waals surface area contributed by atoms with Crippen molar-refractivity contribution in [3.05, 3.63) is 69.7 Å². The third-order valence-electron chi connectivity index (χ3n) is 6.88. The van der Waals surface area contributed by atoms with E-state index in [1.165, 1.54) is 12.1 Å². The van der Waals surface area contributed by atoms with Crippen LogP contribution < -0.4 is 5.73 Å². The Balaban J connectivity index is 1.47. The first-order valence-electron chi connectivity index (χ1n) is 12.1. The van der Waals surface area contributed by atoms with Crippen LogP contribution in [0.3, 0.4) is 0 Å². The highest BCUT2D eigenvalue weighted by Crippen LogP contribution is 2.34. The van der Waals surface area contributed by atoms with Crippen LogP contribution in [0.15, 0.2) is 47.5 Å². The summed E-state index contributed by atoms with van der Waals surface area (Å²) in [6.07, 6.45) is -4.34. The summed E-state index contributed by atoms with van der Waals surface area (Å²) in [5, 5.41) is 8.88. The van der Waals surface area contributed by atoms with Crippen molar-refractivity contribution in [1.82, 2.24) is 14.7 Å². The number of alkyl halides is 3. The molecule has 1 fully saturated rings. The van der Waals surface area contributed by atoms with Crippen molar-refractivity contribution in [3.8, 4) is 0 Å². The topological polar surface area (TPSA) is 89.0 Å². The van der Waals surface area contributed by atoms with Crippen molar-refractivity contribution in [1.29, 1.82) is 5.41 Å². The first-order valence-corrected chi connectivity index (χ1v) is 12.5. The predicted molar refractivity (Wildman–Crippen MR) is 138 cm³/mol. The Hall–Kier alpha value is -2.95. The number of rotatable bonds is 6. The van der Waals surface area contributed by atoms with Crippen molar-refractivity contribution in [2.24, 2.45) is 10.7 Å². The number of piperazine rings is 1. The molecule has 2 aliphatic rings. The van der Waals surface area contributed by atoms with Gasteiger partial charge in [0.1, 0.15) is 5.84 Å². The number of nitrogens with two attached hydrogens (primary N) is 1. The molecule has 7 nitrogen and oxygen atoms in total. The van der Waals surface area contributed by atoms with Crippen LogP contribution in [-0.2, 0) is 12.7 Å². The van der Waals surface area contributed by atoms with Gasteiger partial charge in [-0.2, -0.15) is 13.2 Å². The summed E-state index contributed by atoms with van der Waals surface area (Å²) in [5.41, 5.74) is 6.91. The number of nitrogens with one attached hydrogen (secondary N) is 1. The molecule has 4 rings (SSSR count). The highest BCUT2D eigenvalue weighted by Gasteiger charge is 2.35. The molecule has 11 heteroatoms. The largest absolute Gasteiger partial charge is 0.416 e. The Morgan fingerprint density at radius 2 is 1.73 bits per heavy atom. The van der Waals surface area contributed by atoms with E-state index in [2.05, 4.69) is 9.89 Å². The van der Waals surface area contributed by atoms with Crippen molar-refractivity contribution < 1.29 is 18.0 Å². The van der Waals surface area contributed by atoms with Gasteiger partial charge in [0.15, 0.2) is 0 Å². The summed E-state index contributed by atoms with van der Waals surface area (Å²) in [5.74, 6) is 0.247. The van der Waals surface area contributed by atoms with Crippen molar-refractivity contribution in [2.75, 3.05) is 46.3 Å². The molecule has 2 aliphatic heterocycles. The van der Waals surface area contributed by atoms with Gasteiger partial charge in [0.25, 0.3) is 5.91 Å². The maximum atomic E-state index is 13.6. The smallest absolute Gasteiger partial charge is 0.386 e. The number of aliphatic imine (C=N–C) groups is 1. The molecule has 0 spiro atoms. The van der Waals surface area contributed by atoms with Gasteiger partial charge in [0, 0.05) is 62.0 Å². The number of carbonyl (C=O) groups is 1. The highest BCUT2D eigenvalue weighted by molar-refractivity contribution is 6.30. The molecule has 2 aromatic rings. The van der Waals surface area contributed by atoms with Gasteiger partial charge in [-0.3, -0.25) is 14.7 Å². The second-order valence-electron chi connectivity index (χ2n) is 9.45. The average molecular weight is 535 g/mol. The molecule has 1 amide bonds. The Morgan fingerprint density at radius 1 is 1.08 bits per heavy atom. The Bertz CT molecular complexity index is 1180.